The number of imidazole rings is 2. The SMILES string of the molecule is COC1CC(c2nc3ccc(-c4cc(C)c(=O)n(C)c4)cc3n2CCOC(F)(F)F)C1.COC1CC(c2nc3ccc(-c4cc(C)c(=O)n(C)c4)cc3n2CCOC(F)(F)F)C1. The van der Waals surface area contributed by atoms with Gasteiger partial charge in [-0.2, -0.15) is 0 Å². The van der Waals surface area contributed by atoms with Crippen LogP contribution in [-0.4, -0.2) is 80.6 Å². The van der Waals surface area contributed by atoms with Gasteiger partial charge in [0.1, 0.15) is 11.6 Å². The molecule has 0 saturated heterocycles. The Morgan fingerprint density at radius 3 is 1.29 bits per heavy atom. The molecule has 4 aromatic heterocycles. The van der Waals surface area contributed by atoms with Crippen LogP contribution in [0, 0.1) is 13.8 Å². The zero-order chi connectivity index (χ0) is 44.7. The summed E-state index contributed by atoms with van der Waals surface area (Å²) in [5.41, 5.74) is 7.44. The summed E-state index contributed by atoms with van der Waals surface area (Å²) in [5.74, 6) is 1.77. The molecule has 12 nitrogen and oxygen atoms in total. The summed E-state index contributed by atoms with van der Waals surface area (Å²) < 4.78 is 101. The van der Waals surface area contributed by atoms with Crippen molar-refractivity contribution < 1.29 is 45.3 Å². The predicted octanol–water partition coefficient (Wildman–Crippen LogP) is 8.28. The van der Waals surface area contributed by atoms with E-state index in [1.165, 1.54) is 9.13 Å². The monoisotopic (exact) mass is 870 g/mol. The number of rotatable bonds is 12. The zero-order valence-corrected chi connectivity index (χ0v) is 35.1. The molecule has 2 aromatic carbocycles. The van der Waals surface area contributed by atoms with E-state index in [4.69, 9.17) is 19.4 Å². The Morgan fingerprint density at radius 2 is 0.968 bits per heavy atom. The first-order valence-corrected chi connectivity index (χ1v) is 20.1. The lowest BCUT2D eigenvalue weighted by Crippen LogP contribution is -2.31. The van der Waals surface area contributed by atoms with Crippen LogP contribution in [-0.2, 0) is 46.1 Å². The molecule has 0 atom stereocenters. The Bertz CT molecular complexity index is 2450. The van der Waals surface area contributed by atoms with Crippen molar-refractivity contribution in [3.05, 3.63) is 104 Å². The topological polar surface area (TPSA) is 117 Å². The smallest absolute Gasteiger partial charge is 0.381 e. The van der Waals surface area contributed by atoms with Gasteiger partial charge in [-0.05, 0) is 98.2 Å². The number of hydrogen-bond acceptors (Lipinski definition) is 8. The average Bonchev–Trinajstić information content (AvgIpc) is 3.71. The van der Waals surface area contributed by atoms with Crippen molar-refractivity contribution in [1.82, 2.24) is 28.2 Å². The maximum Gasteiger partial charge on any atom is 0.522 e. The molecule has 332 valence electrons. The minimum absolute atomic E-state index is 0.0370. The molecule has 18 heteroatoms. The van der Waals surface area contributed by atoms with Crippen molar-refractivity contribution >= 4 is 22.1 Å². The van der Waals surface area contributed by atoms with Crippen LogP contribution in [0.15, 0.2) is 70.5 Å². The summed E-state index contributed by atoms with van der Waals surface area (Å²) in [6.45, 7) is 2.59. The lowest BCUT2D eigenvalue weighted by Gasteiger charge is -2.33. The van der Waals surface area contributed by atoms with Crippen molar-refractivity contribution in [2.75, 3.05) is 27.4 Å². The van der Waals surface area contributed by atoms with Crippen molar-refractivity contribution in [2.45, 2.75) is 89.4 Å². The molecule has 2 aliphatic rings. The first kappa shape index (κ1) is 44.7. The normalized spacial score (nSPS) is 19.0. The fourth-order valence-electron chi connectivity index (χ4n) is 8.25. The third-order valence-electron chi connectivity index (χ3n) is 11.7. The van der Waals surface area contributed by atoms with Gasteiger partial charge in [-0.25, -0.2) is 9.97 Å². The summed E-state index contributed by atoms with van der Waals surface area (Å²) in [6, 6.07) is 15.0. The highest BCUT2D eigenvalue weighted by molar-refractivity contribution is 5.84. The van der Waals surface area contributed by atoms with E-state index >= 15 is 0 Å². The Hall–Kier alpha value is -5.30. The Balaban J connectivity index is 0.000000186. The van der Waals surface area contributed by atoms with E-state index in [1.807, 2.05) is 57.7 Å². The van der Waals surface area contributed by atoms with Crippen molar-refractivity contribution in [1.29, 1.82) is 0 Å². The van der Waals surface area contributed by atoms with E-state index in [0.717, 1.165) is 70.6 Å². The van der Waals surface area contributed by atoms with Gasteiger partial charge in [0.25, 0.3) is 11.1 Å². The lowest BCUT2D eigenvalue weighted by atomic mass is 9.81. The molecule has 0 spiro atoms. The third kappa shape index (κ3) is 9.83. The van der Waals surface area contributed by atoms with Crippen LogP contribution in [0.4, 0.5) is 26.3 Å². The predicted molar refractivity (Wildman–Crippen MR) is 220 cm³/mol. The summed E-state index contributed by atoms with van der Waals surface area (Å²) >= 11 is 0. The Labute approximate surface area is 352 Å². The second kappa shape index (κ2) is 17.8. The van der Waals surface area contributed by atoms with E-state index in [2.05, 4.69) is 9.47 Å². The Kier molecular flexibility index (Phi) is 12.9. The zero-order valence-electron chi connectivity index (χ0n) is 35.1. The maximum atomic E-state index is 12.5. The highest BCUT2D eigenvalue weighted by Crippen LogP contribution is 2.41. The molecular formula is C44H48F6N6O6. The van der Waals surface area contributed by atoms with Crippen LogP contribution >= 0.6 is 0 Å². The minimum Gasteiger partial charge on any atom is -0.381 e. The van der Waals surface area contributed by atoms with Crippen molar-refractivity contribution in [2.24, 2.45) is 14.1 Å². The highest BCUT2D eigenvalue weighted by atomic mass is 19.4. The quantitative estimate of drug-likeness (QED) is 0.113. The van der Waals surface area contributed by atoms with Crippen LogP contribution in [0.2, 0.25) is 0 Å². The number of nitrogens with zero attached hydrogens (tertiary/aromatic N) is 6. The van der Waals surface area contributed by atoms with Crippen LogP contribution in [0.1, 0.15) is 60.3 Å². The number of benzene rings is 2. The second-order valence-corrected chi connectivity index (χ2v) is 15.9. The average molecular weight is 871 g/mol. The number of ether oxygens (including phenoxy) is 4. The van der Waals surface area contributed by atoms with Gasteiger partial charge in [0.05, 0.1) is 47.5 Å². The molecule has 4 heterocycles. The number of alkyl halides is 6. The first-order valence-electron chi connectivity index (χ1n) is 20.1. The van der Waals surface area contributed by atoms with E-state index < -0.39 is 25.9 Å². The summed E-state index contributed by atoms with van der Waals surface area (Å²) in [7, 11) is 6.69. The van der Waals surface area contributed by atoms with Gasteiger partial charge < -0.3 is 27.7 Å². The molecule has 2 saturated carbocycles. The van der Waals surface area contributed by atoms with Crippen LogP contribution in [0.25, 0.3) is 44.3 Å². The summed E-state index contributed by atoms with van der Waals surface area (Å²) in [6.07, 6.45) is -2.42. The number of pyridine rings is 2. The minimum atomic E-state index is -4.67. The van der Waals surface area contributed by atoms with Gasteiger partial charge in [-0.15, -0.1) is 26.3 Å². The molecular weight excluding hydrogens is 823 g/mol. The van der Waals surface area contributed by atoms with E-state index in [0.29, 0.717) is 22.2 Å². The fraction of sp³-hybridized carbons (Fsp3) is 0.455. The van der Waals surface area contributed by atoms with Crippen molar-refractivity contribution in [3.63, 3.8) is 0 Å². The molecule has 0 bridgehead atoms. The summed E-state index contributed by atoms with van der Waals surface area (Å²) in [4.78, 5) is 33.5. The van der Waals surface area contributed by atoms with Gasteiger partial charge in [-0.1, -0.05) is 12.1 Å². The number of aryl methyl sites for hydroxylation is 4. The number of methoxy groups -OCH3 is 2. The van der Waals surface area contributed by atoms with Gasteiger partial charge >= 0.3 is 12.7 Å². The van der Waals surface area contributed by atoms with E-state index in [1.54, 1.807) is 54.6 Å². The van der Waals surface area contributed by atoms with Crippen LogP contribution in [0.5, 0.6) is 0 Å². The molecule has 0 N–H and O–H groups in total. The molecule has 6 aromatic rings. The van der Waals surface area contributed by atoms with Gasteiger partial charge in [0.15, 0.2) is 0 Å². The standard InChI is InChI=1S/2C22H24F3N3O3/c2*1-13-8-16(12-27(2)21(13)29)14-4-5-18-19(11-14)28(6-7-31-22(23,24)25)20(26-18)15-9-17(10-15)30-3/h2*4-5,8,11-12,15,17H,6-7,9-10H2,1-3H3. The van der Waals surface area contributed by atoms with Crippen LogP contribution in [0.3, 0.4) is 0 Å². The van der Waals surface area contributed by atoms with Gasteiger partial charge in [0, 0.05) is 76.8 Å². The number of halogens is 6. The second-order valence-electron chi connectivity index (χ2n) is 15.9. The molecule has 8 rings (SSSR count). The molecule has 0 aliphatic heterocycles. The largest absolute Gasteiger partial charge is 0.522 e. The molecule has 0 amide bonds. The van der Waals surface area contributed by atoms with Gasteiger partial charge in [0.2, 0.25) is 0 Å². The molecule has 0 radical (unpaired) electrons. The molecule has 2 fully saturated rings. The molecule has 62 heavy (non-hydrogen) atoms. The van der Waals surface area contributed by atoms with E-state index in [9.17, 15) is 35.9 Å². The highest BCUT2D eigenvalue weighted by Gasteiger charge is 2.36. The van der Waals surface area contributed by atoms with Crippen LogP contribution < -0.4 is 11.1 Å². The molecule has 2 aliphatic carbocycles. The first-order chi connectivity index (χ1) is 29.3. The van der Waals surface area contributed by atoms with E-state index in [-0.39, 0.29) is 48.3 Å². The van der Waals surface area contributed by atoms with Crippen molar-refractivity contribution in [3.8, 4) is 22.3 Å². The fourth-order valence-corrected chi connectivity index (χ4v) is 8.25. The van der Waals surface area contributed by atoms with Gasteiger partial charge in [-0.3, -0.25) is 19.1 Å². The molecule has 0 unspecified atom stereocenters. The number of aromatic nitrogens is 6. The number of fused-ring (bicyclic) bond motifs is 2. The number of hydrogen-bond donors (Lipinski definition) is 0. The maximum absolute atomic E-state index is 12.5. The Morgan fingerprint density at radius 1 is 0.597 bits per heavy atom. The summed E-state index contributed by atoms with van der Waals surface area (Å²) in [5, 5.41) is 0. The lowest BCUT2D eigenvalue weighted by molar-refractivity contribution is -0.326. The third-order valence-corrected chi connectivity index (χ3v) is 11.7.